The van der Waals surface area contributed by atoms with Crippen LogP contribution in [0.2, 0.25) is 0 Å². The van der Waals surface area contributed by atoms with Crippen LogP contribution < -0.4 is 0 Å². The standard InChI is InChI=1S/C18H18FNO2/c1-12-9-16(15-8-7-14(19)10-17(15)20-12)18(21)22-11-13-5-3-2-4-6-13/h2-3,7-10,13H,4-6,11H2,1H3. The third-order valence-electron chi connectivity index (χ3n) is 3.95. The molecule has 3 nitrogen and oxygen atoms in total. The van der Waals surface area contributed by atoms with Crippen molar-refractivity contribution < 1.29 is 13.9 Å². The van der Waals surface area contributed by atoms with E-state index in [1.54, 1.807) is 19.1 Å². The first-order valence-corrected chi connectivity index (χ1v) is 7.52. The molecule has 0 radical (unpaired) electrons. The van der Waals surface area contributed by atoms with Gasteiger partial charge in [-0.3, -0.25) is 4.98 Å². The molecule has 1 aromatic carbocycles. The number of halogens is 1. The van der Waals surface area contributed by atoms with Gasteiger partial charge in [0.1, 0.15) is 5.82 Å². The van der Waals surface area contributed by atoms with Gasteiger partial charge in [-0.2, -0.15) is 0 Å². The zero-order valence-corrected chi connectivity index (χ0v) is 12.5. The van der Waals surface area contributed by atoms with Gasteiger partial charge in [-0.05, 0) is 50.3 Å². The zero-order chi connectivity index (χ0) is 15.5. The van der Waals surface area contributed by atoms with E-state index in [0.717, 1.165) is 19.3 Å². The lowest BCUT2D eigenvalue weighted by Crippen LogP contribution is -2.16. The van der Waals surface area contributed by atoms with Crippen LogP contribution in [0.4, 0.5) is 4.39 Å². The number of nitrogens with zero attached hydrogens (tertiary/aromatic N) is 1. The number of allylic oxidation sites excluding steroid dienone is 2. The molecule has 1 atom stereocenters. The second-order valence-electron chi connectivity index (χ2n) is 5.72. The summed E-state index contributed by atoms with van der Waals surface area (Å²) in [6, 6.07) is 5.95. The van der Waals surface area contributed by atoms with Crippen molar-refractivity contribution in [2.45, 2.75) is 26.2 Å². The van der Waals surface area contributed by atoms with Crippen LogP contribution in [0, 0.1) is 18.7 Å². The fourth-order valence-electron chi connectivity index (χ4n) is 2.78. The number of carbonyl (C=O) groups excluding carboxylic acids is 1. The minimum Gasteiger partial charge on any atom is -0.462 e. The highest BCUT2D eigenvalue weighted by Gasteiger charge is 2.17. The van der Waals surface area contributed by atoms with Gasteiger partial charge in [0.25, 0.3) is 0 Å². The lowest BCUT2D eigenvalue weighted by molar-refractivity contribution is 0.0434. The number of carbonyl (C=O) groups is 1. The average molecular weight is 299 g/mol. The summed E-state index contributed by atoms with van der Waals surface area (Å²) >= 11 is 0. The van der Waals surface area contributed by atoms with Crippen LogP contribution in [0.3, 0.4) is 0 Å². The summed E-state index contributed by atoms with van der Waals surface area (Å²) in [5, 5.41) is 0.625. The second kappa shape index (κ2) is 6.26. The van der Waals surface area contributed by atoms with E-state index < -0.39 is 0 Å². The van der Waals surface area contributed by atoms with Gasteiger partial charge in [0.15, 0.2) is 0 Å². The Balaban J connectivity index is 1.82. The fourth-order valence-corrected chi connectivity index (χ4v) is 2.78. The molecule has 0 saturated carbocycles. The number of aryl methyl sites for hydroxylation is 1. The number of hydrogen-bond acceptors (Lipinski definition) is 3. The molecule has 0 fully saturated rings. The van der Waals surface area contributed by atoms with Gasteiger partial charge in [0.2, 0.25) is 0 Å². The predicted octanol–water partition coefficient (Wildman–Crippen LogP) is 4.20. The molecule has 3 rings (SSSR count). The smallest absolute Gasteiger partial charge is 0.338 e. The lowest BCUT2D eigenvalue weighted by atomic mass is 9.95. The Kier molecular flexibility index (Phi) is 4.18. The second-order valence-corrected chi connectivity index (χ2v) is 5.72. The summed E-state index contributed by atoms with van der Waals surface area (Å²) < 4.78 is 18.8. The quantitative estimate of drug-likeness (QED) is 0.630. The van der Waals surface area contributed by atoms with E-state index in [0.29, 0.717) is 34.7 Å². The Bertz CT molecular complexity index is 734. The topological polar surface area (TPSA) is 39.2 Å². The molecule has 0 bridgehead atoms. The number of esters is 1. The van der Waals surface area contributed by atoms with E-state index in [1.807, 2.05) is 0 Å². The van der Waals surface area contributed by atoms with Crippen molar-refractivity contribution in [3.8, 4) is 0 Å². The number of ether oxygens (including phenoxy) is 1. The van der Waals surface area contributed by atoms with Crippen LogP contribution in [0.1, 0.15) is 35.3 Å². The minimum atomic E-state index is -0.364. The van der Waals surface area contributed by atoms with Crippen molar-refractivity contribution in [2.75, 3.05) is 6.61 Å². The third-order valence-corrected chi connectivity index (χ3v) is 3.95. The first-order chi connectivity index (χ1) is 10.6. The normalized spacial score (nSPS) is 17.6. The Morgan fingerprint density at radius 2 is 2.23 bits per heavy atom. The van der Waals surface area contributed by atoms with E-state index in [4.69, 9.17) is 4.74 Å². The van der Waals surface area contributed by atoms with Crippen molar-refractivity contribution in [1.82, 2.24) is 4.98 Å². The lowest BCUT2D eigenvalue weighted by Gasteiger charge is -2.17. The van der Waals surface area contributed by atoms with Gasteiger partial charge in [-0.1, -0.05) is 12.2 Å². The van der Waals surface area contributed by atoms with Gasteiger partial charge in [0, 0.05) is 17.1 Å². The van der Waals surface area contributed by atoms with Crippen molar-refractivity contribution in [1.29, 1.82) is 0 Å². The van der Waals surface area contributed by atoms with Crippen molar-refractivity contribution in [3.05, 3.63) is 53.5 Å². The summed E-state index contributed by atoms with van der Waals surface area (Å²) in [7, 11) is 0. The van der Waals surface area contributed by atoms with Gasteiger partial charge >= 0.3 is 5.97 Å². The third kappa shape index (κ3) is 3.16. The first-order valence-electron chi connectivity index (χ1n) is 7.52. The SMILES string of the molecule is Cc1cc(C(=O)OCC2CC=CCC2)c2ccc(F)cc2n1. The predicted molar refractivity (Wildman–Crippen MR) is 83.2 cm³/mol. The molecule has 4 heteroatoms. The molecule has 1 aliphatic carbocycles. The number of fused-ring (bicyclic) bond motifs is 1. The molecule has 0 spiro atoms. The minimum absolute atomic E-state index is 0.362. The highest BCUT2D eigenvalue weighted by atomic mass is 19.1. The van der Waals surface area contributed by atoms with Gasteiger partial charge in [-0.25, -0.2) is 9.18 Å². The largest absolute Gasteiger partial charge is 0.462 e. The molecule has 1 aromatic heterocycles. The molecular weight excluding hydrogens is 281 g/mol. The maximum atomic E-state index is 13.3. The number of rotatable bonds is 3. The highest BCUT2D eigenvalue weighted by molar-refractivity contribution is 6.03. The molecule has 114 valence electrons. The van der Waals surface area contributed by atoms with Crippen LogP contribution in [0.25, 0.3) is 10.9 Å². The van der Waals surface area contributed by atoms with E-state index in [2.05, 4.69) is 17.1 Å². The Morgan fingerprint density at radius 3 is 3.00 bits per heavy atom. The van der Waals surface area contributed by atoms with Crippen LogP contribution in [0.15, 0.2) is 36.4 Å². The van der Waals surface area contributed by atoms with E-state index in [-0.39, 0.29) is 11.8 Å². The van der Waals surface area contributed by atoms with Crippen molar-refractivity contribution in [2.24, 2.45) is 5.92 Å². The summed E-state index contributed by atoms with van der Waals surface area (Å²) in [4.78, 5) is 16.6. The summed E-state index contributed by atoms with van der Waals surface area (Å²) in [5.41, 5.74) is 1.60. The molecular formula is C18H18FNO2. The summed E-state index contributed by atoms with van der Waals surface area (Å²) in [5.74, 6) is -0.337. The molecule has 2 aromatic rings. The van der Waals surface area contributed by atoms with E-state index in [9.17, 15) is 9.18 Å². The maximum Gasteiger partial charge on any atom is 0.338 e. The molecule has 0 saturated heterocycles. The van der Waals surface area contributed by atoms with Gasteiger partial charge < -0.3 is 4.74 Å². The Morgan fingerprint density at radius 1 is 1.36 bits per heavy atom. The fraction of sp³-hybridized carbons (Fsp3) is 0.333. The van der Waals surface area contributed by atoms with E-state index >= 15 is 0 Å². The molecule has 1 unspecified atom stereocenters. The first kappa shape index (κ1) is 14.7. The highest BCUT2D eigenvalue weighted by Crippen LogP contribution is 2.22. The van der Waals surface area contributed by atoms with Gasteiger partial charge in [0.05, 0.1) is 17.7 Å². The number of pyridine rings is 1. The number of aromatic nitrogens is 1. The molecule has 0 aliphatic heterocycles. The Hall–Kier alpha value is -2.23. The van der Waals surface area contributed by atoms with Gasteiger partial charge in [-0.15, -0.1) is 0 Å². The average Bonchev–Trinajstić information content (AvgIpc) is 2.52. The monoisotopic (exact) mass is 299 g/mol. The molecule has 1 heterocycles. The molecule has 22 heavy (non-hydrogen) atoms. The maximum absolute atomic E-state index is 13.3. The zero-order valence-electron chi connectivity index (χ0n) is 12.5. The summed E-state index contributed by atoms with van der Waals surface area (Å²) in [6.45, 7) is 2.21. The molecule has 0 N–H and O–H groups in total. The van der Waals surface area contributed by atoms with Crippen LogP contribution in [-0.2, 0) is 4.74 Å². The van der Waals surface area contributed by atoms with Crippen LogP contribution >= 0.6 is 0 Å². The van der Waals surface area contributed by atoms with Crippen LogP contribution in [-0.4, -0.2) is 17.6 Å². The number of benzene rings is 1. The van der Waals surface area contributed by atoms with Crippen molar-refractivity contribution in [3.63, 3.8) is 0 Å². The number of hydrogen-bond donors (Lipinski definition) is 0. The summed E-state index contributed by atoms with van der Waals surface area (Å²) in [6.07, 6.45) is 7.34. The Labute approximate surface area is 128 Å². The van der Waals surface area contributed by atoms with E-state index in [1.165, 1.54) is 12.1 Å². The molecule has 1 aliphatic rings. The van der Waals surface area contributed by atoms with Crippen molar-refractivity contribution >= 4 is 16.9 Å². The molecule has 0 amide bonds. The van der Waals surface area contributed by atoms with Crippen LogP contribution in [0.5, 0.6) is 0 Å².